The van der Waals surface area contributed by atoms with Gasteiger partial charge in [-0.05, 0) is 85.5 Å². The topological polar surface area (TPSA) is 131 Å². The zero-order valence-electron chi connectivity index (χ0n) is 34.3. The minimum atomic E-state index is -0.886. The zero-order valence-corrected chi connectivity index (χ0v) is 34.3. The summed E-state index contributed by atoms with van der Waals surface area (Å²) in [6.07, 6.45) is 1.29. The number of imide groups is 1. The molecule has 1 atom stereocenters. The number of ether oxygens (including phenoxy) is 1. The highest BCUT2D eigenvalue weighted by atomic mass is 16.5. The van der Waals surface area contributed by atoms with E-state index in [0.717, 1.165) is 64.8 Å². The number of carbonyl (C=O) groups is 5. The Morgan fingerprint density at radius 1 is 0.780 bits per heavy atom. The van der Waals surface area contributed by atoms with Crippen molar-refractivity contribution in [3.8, 4) is 23.7 Å². The van der Waals surface area contributed by atoms with Crippen LogP contribution in [-0.2, 0) is 16.1 Å². The van der Waals surface area contributed by atoms with Crippen molar-refractivity contribution < 1.29 is 28.7 Å². The van der Waals surface area contributed by atoms with Crippen LogP contribution in [0, 0.1) is 46.8 Å². The van der Waals surface area contributed by atoms with Gasteiger partial charge in [-0.2, -0.15) is 5.26 Å². The van der Waals surface area contributed by atoms with Gasteiger partial charge in [-0.25, -0.2) is 0 Å². The molecule has 3 aromatic carbocycles. The van der Waals surface area contributed by atoms with E-state index in [1.807, 2.05) is 42.2 Å². The molecule has 0 N–H and O–H groups in total. The lowest BCUT2D eigenvalue weighted by atomic mass is 9.49. The number of nitrogens with zero attached hydrogens (tertiary/aromatic N) is 5. The van der Waals surface area contributed by atoms with Crippen LogP contribution < -0.4 is 9.64 Å². The number of benzene rings is 3. The zero-order chi connectivity index (χ0) is 41.5. The Balaban J connectivity index is 0.781. The summed E-state index contributed by atoms with van der Waals surface area (Å²) in [5.74, 6) is 6.89. The van der Waals surface area contributed by atoms with Crippen molar-refractivity contribution in [2.75, 3.05) is 31.1 Å². The second-order valence-corrected chi connectivity index (χ2v) is 18.5. The summed E-state index contributed by atoms with van der Waals surface area (Å²) >= 11 is 0. The van der Waals surface area contributed by atoms with Crippen LogP contribution in [0.1, 0.15) is 113 Å². The fraction of sp³-hybridized carbons (Fsp3) is 0.458. The number of Topliss-reactive ketones (excluding diaryl/α,β-unsaturated/α-hetero) is 2. The predicted octanol–water partition coefficient (Wildman–Crippen LogP) is 5.94. The van der Waals surface area contributed by atoms with Crippen LogP contribution in [0.2, 0.25) is 0 Å². The molecule has 11 heteroatoms. The molecule has 11 nitrogen and oxygen atoms in total. The van der Waals surface area contributed by atoms with E-state index in [0.29, 0.717) is 42.1 Å². The van der Waals surface area contributed by atoms with Crippen molar-refractivity contribution in [1.29, 1.82) is 5.26 Å². The molecule has 4 heterocycles. The highest BCUT2D eigenvalue weighted by molar-refractivity contribution is 6.23. The quantitative estimate of drug-likeness (QED) is 0.220. The molecule has 3 amide bonds. The van der Waals surface area contributed by atoms with Gasteiger partial charge in [-0.15, -0.1) is 0 Å². The molecule has 0 radical (unpaired) electrons. The largest absolute Gasteiger partial charge is 0.489 e. The average molecular weight is 792 g/mol. The van der Waals surface area contributed by atoms with E-state index >= 15 is 0 Å². The van der Waals surface area contributed by atoms with Crippen LogP contribution >= 0.6 is 0 Å². The van der Waals surface area contributed by atoms with Crippen LogP contribution in [0.4, 0.5) is 5.69 Å². The fourth-order valence-corrected chi connectivity index (χ4v) is 11.0. The lowest BCUT2D eigenvalue weighted by molar-refractivity contribution is -0.199. The number of nitriles is 1. The molecule has 3 aromatic rings. The average Bonchev–Trinajstić information content (AvgIpc) is 3.60. The Labute approximate surface area is 345 Å². The Bertz CT molecular complexity index is 2420. The highest BCUT2D eigenvalue weighted by Gasteiger charge is 2.67. The molecule has 302 valence electrons. The number of rotatable bonds is 6. The molecule has 9 rings (SSSR count). The van der Waals surface area contributed by atoms with Crippen molar-refractivity contribution in [2.45, 2.75) is 97.5 Å². The summed E-state index contributed by atoms with van der Waals surface area (Å²) in [7, 11) is 0. The summed E-state index contributed by atoms with van der Waals surface area (Å²) < 4.78 is 6.55. The smallest absolute Gasteiger partial charge is 0.262 e. The van der Waals surface area contributed by atoms with Crippen molar-refractivity contribution >= 4 is 35.0 Å². The summed E-state index contributed by atoms with van der Waals surface area (Å²) in [6.45, 7) is 14.5. The minimum Gasteiger partial charge on any atom is -0.489 e. The SMILES string of the molecule is Cc1cc(O[C@H]2C(C)(C)[C@H](N3Cc4cc(C#CC5CN(C6CN(c7ccc8c(c7)C(=O)N(C7CCC(=O)CCCC7=O)C8=O)C6)C5)ccc4C3=O)C2(C)C)ccc1C#N. The minimum absolute atomic E-state index is 0.0291. The molecular formula is C48H49N5O6. The van der Waals surface area contributed by atoms with E-state index in [1.54, 1.807) is 18.2 Å². The lowest BCUT2D eigenvalue weighted by Crippen LogP contribution is -2.74. The third-order valence-electron chi connectivity index (χ3n) is 13.8. The Morgan fingerprint density at radius 3 is 2.24 bits per heavy atom. The molecule has 4 aliphatic heterocycles. The molecule has 59 heavy (non-hydrogen) atoms. The number of likely N-dealkylation sites (tertiary alicyclic amines) is 1. The molecule has 4 fully saturated rings. The van der Waals surface area contributed by atoms with Gasteiger partial charge >= 0.3 is 0 Å². The first-order chi connectivity index (χ1) is 28.1. The van der Waals surface area contributed by atoms with Gasteiger partial charge in [0.25, 0.3) is 17.7 Å². The van der Waals surface area contributed by atoms with Crippen molar-refractivity contribution in [3.05, 3.63) is 93.5 Å². The van der Waals surface area contributed by atoms with E-state index in [1.165, 1.54) is 0 Å². The summed E-state index contributed by atoms with van der Waals surface area (Å²) in [4.78, 5) is 73.3. The summed E-state index contributed by atoms with van der Waals surface area (Å²) in [5, 5.41) is 9.34. The van der Waals surface area contributed by atoms with E-state index in [4.69, 9.17) is 4.74 Å². The van der Waals surface area contributed by atoms with E-state index in [-0.39, 0.29) is 65.6 Å². The van der Waals surface area contributed by atoms with Crippen molar-refractivity contribution in [2.24, 2.45) is 16.7 Å². The molecule has 2 aliphatic carbocycles. The number of amides is 3. The van der Waals surface area contributed by atoms with Gasteiger partial charge in [0.15, 0.2) is 5.78 Å². The van der Waals surface area contributed by atoms with Crippen LogP contribution in [0.15, 0.2) is 54.6 Å². The van der Waals surface area contributed by atoms with Crippen LogP contribution in [0.5, 0.6) is 5.75 Å². The fourth-order valence-electron chi connectivity index (χ4n) is 11.0. The maximum Gasteiger partial charge on any atom is 0.262 e. The standard InChI is InChI=1S/C48H49N5O6/c1-28-19-36(15-12-31(28)22-49)59-46-47(2,3)45(48(46,4)5)52-25-32-20-29(11-16-37(32)42(52)56)9-10-30-23-50(24-30)34-26-51(27-34)33-13-17-38-39(21-33)44(58)53(43(38)57)40-18-14-35(54)7-6-8-41(40)55/h11-13,15-17,19-21,30,34,40,45-46H,6-8,14,18,23-27H2,1-5H3/t40?,45-,46-. The van der Waals surface area contributed by atoms with E-state index in [2.05, 4.69) is 61.5 Å². The van der Waals surface area contributed by atoms with Gasteiger partial charge < -0.3 is 14.5 Å². The maximum atomic E-state index is 13.8. The van der Waals surface area contributed by atoms with Gasteiger partial charge in [-0.3, -0.25) is 33.8 Å². The first-order valence-electron chi connectivity index (χ1n) is 20.8. The van der Waals surface area contributed by atoms with Crippen molar-refractivity contribution in [1.82, 2.24) is 14.7 Å². The second-order valence-electron chi connectivity index (χ2n) is 18.5. The van der Waals surface area contributed by atoms with E-state index in [9.17, 15) is 29.2 Å². The Kier molecular flexibility index (Phi) is 9.32. The molecule has 2 saturated carbocycles. The Hall–Kier alpha value is -5.78. The van der Waals surface area contributed by atoms with Crippen LogP contribution in [0.3, 0.4) is 0 Å². The third kappa shape index (κ3) is 6.42. The maximum absolute atomic E-state index is 13.8. The number of hydrogen-bond donors (Lipinski definition) is 0. The molecule has 0 spiro atoms. The number of fused-ring (bicyclic) bond motifs is 2. The van der Waals surface area contributed by atoms with Gasteiger partial charge in [0.05, 0.1) is 28.8 Å². The Morgan fingerprint density at radius 2 is 1.51 bits per heavy atom. The first-order valence-corrected chi connectivity index (χ1v) is 20.8. The number of aryl methyl sites for hydroxylation is 1. The monoisotopic (exact) mass is 791 g/mol. The first kappa shape index (κ1) is 38.7. The normalized spacial score (nSPS) is 25.2. The second kappa shape index (κ2) is 14.2. The molecule has 0 aromatic heterocycles. The van der Waals surface area contributed by atoms with Crippen LogP contribution in [0.25, 0.3) is 0 Å². The number of ketones is 2. The summed E-state index contributed by atoms with van der Waals surface area (Å²) in [6, 6.07) is 18.5. The molecule has 1 unspecified atom stereocenters. The highest BCUT2D eigenvalue weighted by Crippen LogP contribution is 2.59. The number of carbonyl (C=O) groups excluding carboxylic acids is 5. The van der Waals surface area contributed by atoms with Gasteiger partial charge in [0, 0.05) is 97.6 Å². The van der Waals surface area contributed by atoms with Crippen molar-refractivity contribution in [3.63, 3.8) is 0 Å². The predicted molar refractivity (Wildman–Crippen MR) is 220 cm³/mol. The summed E-state index contributed by atoms with van der Waals surface area (Å²) in [5.41, 5.74) is 5.07. The number of anilines is 1. The van der Waals surface area contributed by atoms with Crippen LogP contribution in [-0.4, -0.2) is 94.4 Å². The third-order valence-corrected chi connectivity index (χ3v) is 13.8. The van der Waals surface area contributed by atoms with Gasteiger partial charge in [0.2, 0.25) is 0 Å². The lowest BCUT2D eigenvalue weighted by Gasteiger charge is -2.65. The van der Waals surface area contributed by atoms with Gasteiger partial charge in [-0.1, -0.05) is 39.5 Å². The molecule has 0 bridgehead atoms. The number of hydrogen-bond acceptors (Lipinski definition) is 9. The van der Waals surface area contributed by atoms with E-state index < -0.39 is 17.9 Å². The molecule has 6 aliphatic rings. The molecule has 2 saturated heterocycles. The van der Waals surface area contributed by atoms with Gasteiger partial charge in [0.1, 0.15) is 17.6 Å². The molecular weight excluding hydrogens is 743 g/mol.